The number of hydrogen-bond donors (Lipinski definition) is 0. The molecule has 2 aromatic rings. The summed E-state index contributed by atoms with van der Waals surface area (Å²) in [6, 6.07) is 5.72. The molecular formula is C18H23FN2O3S. The molecule has 1 aromatic heterocycles. The van der Waals surface area contributed by atoms with Crippen LogP contribution in [0, 0.1) is 12.7 Å². The van der Waals surface area contributed by atoms with Crippen molar-refractivity contribution in [3.63, 3.8) is 0 Å². The Bertz CT molecular complexity index is 768. The van der Waals surface area contributed by atoms with E-state index in [4.69, 9.17) is 4.74 Å². The third kappa shape index (κ3) is 4.92. The molecule has 136 valence electrons. The second kappa shape index (κ2) is 8.80. The van der Waals surface area contributed by atoms with E-state index in [1.54, 1.807) is 23.4 Å². The second-order valence-electron chi connectivity index (χ2n) is 5.82. The van der Waals surface area contributed by atoms with Crippen LogP contribution in [-0.2, 0) is 6.54 Å². The molecule has 0 spiro atoms. The highest BCUT2D eigenvalue weighted by Gasteiger charge is 2.20. The Morgan fingerprint density at radius 1 is 1.32 bits per heavy atom. The fourth-order valence-electron chi connectivity index (χ4n) is 2.39. The molecule has 0 unspecified atom stereocenters. The lowest BCUT2D eigenvalue weighted by Gasteiger charge is -2.16. The van der Waals surface area contributed by atoms with Gasteiger partial charge < -0.3 is 9.64 Å². The third-order valence-electron chi connectivity index (χ3n) is 3.93. The standard InChI is InChI=1S/C18H23FN2O3S/c1-4-5-10-20(3)17(22)16-13(2)21(18(23)25-16)11-12-24-15-8-6-14(19)7-9-15/h6-9H,4-5,10-12H2,1-3H3. The van der Waals surface area contributed by atoms with Gasteiger partial charge in [0.05, 0.1) is 6.54 Å². The first-order valence-corrected chi connectivity index (χ1v) is 9.09. The number of benzene rings is 1. The van der Waals surface area contributed by atoms with Gasteiger partial charge in [0.25, 0.3) is 5.91 Å². The van der Waals surface area contributed by atoms with E-state index in [9.17, 15) is 14.0 Å². The number of carbonyl (C=O) groups is 1. The Morgan fingerprint density at radius 3 is 2.64 bits per heavy atom. The second-order valence-corrected chi connectivity index (χ2v) is 6.78. The minimum Gasteiger partial charge on any atom is -0.492 e. The highest BCUT2D eigenvalue weighted by atomic mass is 32.1. The fraction of sp³-hybridized carbons (Fsp3) is 0.444. The molecule has 0 bridgehead atoms. The van der Waals surface area contributed by atoms with Crippen molar-refractivity contribution in [2.75, 3.05) is 20.2 Å². The average Bonchev–Trinajstić information content (AvgIpc) is 2.88. The number of carbonyl (C=O) groups excluding carboxylic acids is 1. The largest absolute Gasteiger partial charge is 0.492 e. The van der Waals surface area contributed by atoms with E-state index in [0.29, 0.717) is 29.4 Å². The summed E-state index contributed by atoms with van der Waals surface area (Å²) < 4.78 is 19.9. The van der Waals surface area contributed by atoms with Gasteiger partial charge in [-0.3, -0.25) is 14.2 Å². The lowest BCUT2D eigenvalue weighted by Crippen LogP contribution is -2.27. The zero-order valence-electron chi connectivity index (χ0n) is 14.8. The lowest BCUT2D eigenvalue weighted by atomic mass is 10.3. The van der Waals surface area contributed by atoms with Crippen molar-refractivity contribution in [1.29, 1.82) is 0 Å². The summed E-state index contributed by atoms with van der Waals surface area (Å²) in [6.07, 6.45) is 1.94. The van der Waals surface area contributed by atoms with Crippen molar-refractivity contribution < 1.29 is 13.9 Å². The molecule has 5 nitrogen and oxygen atoms in total. The van der Waals surface area contributed by atoms with E-state index in [1.165, 1.54) is 24.3 Å². The van der Waals surface area contributed by atoms with Crippen LogP contribution in [0.5, 0.6) is 5.75 Å². The summed E-state index contributed by atoms with van der Waals surface area (Å²) >= 11 is 0.970. The normalized spacial score (nSPS) is 10.7. The zero-order chi connectivity index (χ0) is 18.4. The Kier molecular flexibility index (Phi) is 6.75. The molecule has 1 aromatic carbocycles. The predicted molar refractivity (Wildman–Crippen MR) is 97.1 cm³/mol. The maximum Gasteiger partial charge on any atom is 0.308 e. The van der Waals surface area contributed by atoms with Gasteiger partial charge in [0.2, 0.25) is 0 Å². The molecule has 0 atom stereocenters. The minimum absolute atomic E-state index is 0.119. The van der Waals surface area contributed by atoms with Gasteiger partial charge in [-0.05, 0) is 37.6 Å². The molecule has 0 saturated carbocycles. The van der Waals surface area contributed by atoms with E-state index in [0.717, 1.165) is 24.2 Å². The minimum atomic E-state index is -0.326. The van der Waals surface area contributed by atoms with E-state index < -0.39 is 0 Å². The van der Waals surface area contributed by atoms with Crippen LogP contribution in [0.4, 0.5) is 4.39 Å². The molecule has 0 aliphatic rings. The molecule has 0 saturated heterocycles. The summed E-state index contributed by atoms with van der Waals surface area (Å²) in [5.41, 5.74) is 0.658. The molecule has 0 aliphatic carbocycles. The number of halogens is 1. The number of amides is 1. The molecular weight excluding hydrogens is 343 g/mol. The molecule has 0 fully saturated rings. The Morgan fingerprint density at radius 2 is 2.00 bits per heavy atom. The monoisotopic (exact) mass is 366 g/mol. The number of aromatic nitrogens is 1. The number of rotatable bonds is 8. The van der Waals surface area contributed by atoms with Crippen LogP contribution in [0.1, 0.15) is 35.1 Å². The van der Waals surface area contributed by atoms with Crippen molar-refractivity contribution in [3.05, 3.63) is 50.3 Å². The molecule has 1 heterocycles. The number of ether oxygens (including phenoxy) is 1. The highest BCUT2D eigenvalue weighted by Crippen LogP contribution is 2.15. The summed E-state index contributed by atoms with van der Waals surface area (Å²) in [7, 11) is 1.75. The maximum atomic E-state index is 12.9. The van der Waals surface area contributed by atoms with Crippen LogP contribution in [0.15, 0.2) is 29.1 Å². The molecule has 1 amide bonds. The van der Waals surface area contributed by atoms with Crippen LogP contribution in [0.3, 0.4) is 0 Å². The van der Waals surface area contributed by atoms with Crippen molar-refractivity contribution in [3.8, 4) is 5.75 Å². The van der Waals surface area contributed by atoms with Crippen molar-refractivity contribution in [2.45, 2.75) is 33.2 Å². The van der Waals surface area contributed by atoms with Gasteiger partial charge in [-0.15, -0.1) is 0 Å². The van der Waals surface area contributed by atoms with E-state index >= 15 is 0 Å². The van der Waals surface area contributed by atoms with Crippen LogP contribution in [0.2, 0.25) is 0 Å². The Hall–Kier alpha value is -2.15. The first-order chi connectivity index (χ1) is 11.9. The maximum absolute atomic E-state index is 12.9. The van der Waals surface area contributed by atoms with E-state index in [-0.39, 0.29) is 23.2 Å². The van der Waals surface area contributed by atoms with Gasteiger partial charge in [0.1, 0.15) is 23.1 Å². The summed E-state index contributed by atoms with van der Waals surface area (Å²) in [6.45, 7) is 5.12. The third-order valence-corrected chi connectivity index (χ3v) is 5.00. The number of nitrogens with zero attached hydrogens (tertiary/aromatic N) is 2. The highest BCUT2D eigenvalue weighted by molar-refractivity contribution is 7.11. The smallest absolute Gasteiger partial charge is 0.308 e. The van der Waals surface area contributed by atoms with Gasteiger partial charge in [0.15, 0.2) is 0 Å². The summed E-state index contributed by atoms with van der Waals surface area (Å²) in [4.78, 5) is 26.6. The van der Waals surface area contributed by atoms with Gasteiger partial charge >= 0.3 is 4.87 Å². The summed E-state index contributed by atoms with van der Waals surface area (Å²) in [5.74, 6) is 0.0942. The Labute approximate surface area is 150 Å². The van der Waals surface area contributed by atoms with E-state index in [2.05, 4.69) is 6.92 Å². The van der Waals surface area contributed by atoms with Crippen LogP contribution in [-0.4, -0.2) is 35.6 Å². The predicted octanol–water partition coefficient (Wildman–Crippen LogP) is 3.31. The van der Waals surface area contributed by atoms with Crippen molar-refractivity contribution in [2.24, 2.45) is 0 Å². The lowest BCUT2D eigenvalue weighted by molar-refractivity contribution is 0.0796. The van der Waals surface area contributed by atoms with Gasteiger partial charge in [-0.2, -0.15) is 0 Å². The molecule has 7 heteroatoms. The Balaban J connectivity index is 2.02. The SMILES string of the molecule is CCCCN(C)C(=O)c1sc(=O)n(CCOc2ccc(F)cc2)c1C. The van der Waals surface area contributed by atoms with Gasteiger partial charge in [0, 0.05) is 19.3 Å². The molecule has 0 aliphatic heterocycles. The van der Waals surface area contributed by atoms with Crippen molar-refractivity contribution in [1.82, 2.24) is 9.47 Å². The molecule has 25 heavy (non-hydrogen) atoms. The average molecular weight is 366 g/mol. The van der Waals surface area contributed by atoms with Gasteiger partial charge in [-0.25, -0.2) is 4.39 Å². The molecule has 0 N–H and O–H groups in total. The number of unbranched alkanes of at least 4 members (excludes halogenated alkanes) is 1. The quantitative estimate of drug-likeness (QED) is 0.720. The first-order valence-electron chi connectivity index (χ1n) is 8.28. The topological polar surface area (TPSA) is 51.5 Å². The van der Waals surface area contributed by atoms with Crippen molar-refractivity contribution >= 4 is 17.2 Å². The number of thiazole rings is 1. The number of hydrogen-bond acceptors (Lipinski definition) is 4. The molecule has 2 rings (SSSR count). The zero-order valence-corrected chi connectivity index (χ0v) is 15.6. The van der Waals surface area contributed by atoms with Gasteiger partial charge in [-0.1, -0.05) is 24.7 Å². The summed E-state index contributed by atoms with van der Waals surface area (Å²) in [5, 5.41) is 0. The fourth-order valence-corrected chi connectivity index (χ4v) is 3.40. The van der Waals surface area contributed by atoms with E-state index in [1.807, 2.05) is 0 Å². The van der Waals surface area contributed by atoms with Crippen LogP contribution < -0.4 is 9.61 Å². The molecule has 0 radical (unpaired) electrons. The van der Waals surface area contributed by atoms with Crippen LogP contribution in [0.25, 0.3) is 0 Å². The first kappa shape index (κ1) is 19.2. The van der Waals surface area contributed by atoms with Crippen LogP contribution >= 0.6 is 11.3 Å².